The molecule has 0 spiro atoms. The zero-order valence-electron chi connectivity index (χ0n) is 7.12. The highest BCUT2D eigenvalue weighted by Crippen LogP contribution is 2.23. The van der Waals surface area contributed by atoms with Crippen molar-refractivity contribution in [3.05, 3.63) is 34.3 Å². The van der Waals surface area contributed by atoms with Crippen molar-refractivity contribution < 1.29 is 4.74 Å². The molecule has 0 N–H and O–H groups in total. The molecule has 0 aliphatic rings. The number of nitrogens with zero attached hydrogens (tertiary/aromatic N) is 1. The Bertz CT molecular complexity index is 366. The van der Waals surface area contributed by atoms with Gasteiger partial charge in [-0.05, 0) is 23.8 Å². The Kier molecular flexibility index (Phi) is 3.53. The van der Waals surface area contributed by atoms with Gasteiger partial charge >= 0.3 is 0 Å². The first-order valence-corrected chi connectivity index (χ1v) is 4.47. The third-order valence-corrected chi connectivity index (χ3v) is 2.23. The van der Waals surface area contributed by atoms with Gasteiger partial charge in [0.15, 0.2) is 0 Å². The Morgan fingerprint density at radius 1 is 1.54 bits per heavy atom. The summed E-state index contributed by atoms with van der Waals surface area (Å²) < 4.78 is 5.95. The lowest BCUT2D eigenvalue weighted by Gasteiger charge is -2.02. The predicted octanol–water partition coefficient (Wildman–Crippen LogP) is 2.99. The van der Waals surface area contributed by atoms with E-state index < -0.39 is 0 Å². The average molecular weight is 238 g/mol. The van der Waals surface area contributed by atoms with Crippen LogP contribution in [0.4, 0.5) is 0 Å². The average Bonchev–Trinajstić information content (AvgIpc) is 2.16. The van der Waals surface area contributed by atoms with Crippen molar-refractivity contribution in [2.75, 3.05) is 7.11 Å². The third kappa shape index (κ3) is 2.60. The van der Waals surface area contributed by atoms with E-state index in [4.69, 9.17) is 10.00 Å². The molecular formula is C10H8BrNO. The van der Waals surface area contributed by atoms with Crippen LogP contribution >= 0.6 is 15.9 Å². The quantitative estimate of drug-likeness (QED) is 0.742. The van der Waals surface area contributed by atoms with E-state index in [-0.39, 0.29) is 0 Å². The number of nitriles is 1. The minimum absolute atomic E-state index is 0.793. The van der Waals surface area contributed by atoms with E-state index in [9.17, 15) is 0 Å². The number of allylic oxidation sites excluding steroid dienone is 1. The van der Waals surface area contributed by atoms with Crippen LogP contribution in [0.1, 0.15) is 5.56 Å². The van der Waals surface area contributed by atoms with Crippen LogP contribution in [-0.2, 0) is 0 Å². The van der Waals surface area contributed by atoms with E-state index in [1.807, 2.05) is 24.3 Å². The van der Waals surface area contributed by atoms with E-state index in [1.54, 1.807) is 13.2 Å². The van der Waals surface area contributed by atoms with E-state index in [1.165, 1.54) is 6.08 Å². The van der Waals surface area contributed by atoms with Crippen molar-refractivity contribution in [2.24, 2.45) is 0 Å². The second-order valence-electron chi connectivity index (χ2n) is 2.35. The molecule has 0 heterocycles. The van der Waals surface area contributed by atoms with Crippen LogP contribution < -0.4 is 4.74 Å². The van der Waals surface area contributed by atoms with Gasteiger partial charge in [0, 0.05) is 10.5 Å². The van der Waals surface area contributed by atoms with E-state index in [0.717, 1.165) is 15.8 Å². The van der Waals surface area contributed by atoms with Crippen LogP contribution in [0.3, 0.4) is 0 Å². The fraction of sp³-hybridized carbons (Fsp3) is 0.100. The molecule has 3 heteroatoms. The lowest BCUT2D eigenvalue weighted by Crippen LogP contribution is -1.83. The molecule has 0 aliphatic carbocycles. The zero-order chi connectivity index (χ0) is 9.68. The Labute approximate surface area is 85.6 Å². The minimum Gasteiger partial charge on any atom is -0.497 e. The molecule has 1 aromatic rings. The third-order valence-electron chi connectivity index (χ3n) is 1.55. The van der Waals surface area contributed by atoms with Gasteiger partial charge in [-0.3, -0.25) is 0 Å². The van der Waals surface area contributed by atoms with Gasteiger partial charge < -0.3 is 4.74 Å². The van der Waals surface area contributed by atoms with Gasteiger partial charge in [-0.15, -0.1) is 0 Å². The molecule has 2 nitrogen and oxygen atoms in total. The van der Waals surface area contributed by atoms with Gasteiger partial charge in [-0.2, -0.15) is 5.26 Å². The van der Waals surface area contributed by atoms with Crippen LogP contribution in [-0.4, -0.2) is 7.11 Å². The van der Waals surface area contributed by atoms with Crippen LogP contribution in [0.25, 0.3) is 6.08 Å². The Hall–Kier alpha value is -1.27. The SMILES string of the molecule is COc1ccc(/C=C/C#N)c(Br)c1. The molecule has 13 heavy (non-hydrogen) atoms. The highest BCUT2D eigenvalue weighted by molar-refractivity contribution is 9.10. The van der Waals surface area contributed by atoms with Crippen molar-refractivity contribution in [2.45, 2.75) is 0 Å². The first-order chi connectivity index (χ1) is 6.27. The smallest absolute Gasteiger partial charge is 0.120 e. The number of hydrogen-bond donors (Lipinski definition) is 0. The summed E-state index contributed by atoms with van der Waals surface area (Å²) in [6, 6.07) is 7.53. The molecule has 0 aromatic heterocycles. The number of methoxy groups -OCH3 is 1. The van der Waals surface area contributed by atoms with Crippen molar-refractivity contribution in [1.29, 1.82) is 5.26 Å². The molecule has 1 aromatic carbocycles. The van der Waals surface area contributed by atoms with Crippen LogP contribution in [0.5, 0.6) is 5.75 Å². The fourth-order valence-corrected chi connectivity index (χ4v) is 1.39. The first kappa shape index (κ1) is 9.82. The summed E-state index contributed by atoms with van der Waals surface area (Å²) >= 11 is 3.38. The Balaban J connectivity index is 3.00. The monoisotopic (exact) mass is 237 g/mol. The number of ether oxygens (including phenoxy) is 1. The number of hydrogen-bond acceptors (Lipinski definition) is 2. The highest BCUT2D eigenvalue weighted by Gasteiger charge is 1.97. The van der Waals surface area contributed by atoms with Crippen molar-refractivity contribution >= 4 is 22.0 Å². The summed E-state index contributed by atoms with van der Waals surface area (Å²) in [5.41, 5.74) is 0.961. The second-order valence-corrected chi connectivity index (χ2v) is 3.20. The van der Waals surface area contributed by atoms with Crippen molar-refractivity contribution in [3.63, 3.8) is 0 Å². The molecular weight excluding hydrogens is 230 g/mol. The summed E-state index contributed by atoms with van der Waals surface area (Å²) in [6.45, 7) is 0. The van der Waals surface area contributed by atoms with E-state index >= 15 is 0 Å². The topological polar surface area (TPSA) is 33.0 Å². The number of benzene rings is 1. The predicted molar refractivity (Wildman–Crippen MR) is 55.3 cm³/mol. The molecule has 0 unspecified atom stereocenters. The summed E-state index contributed by atoms with van der Waals surface area (Å²) in [4.78, 5) is 0. The van der Waals surface area contributed by atoms with Crippen molar-refractivity contribution in [3.8, 4) is 11.8 Å². The molecule has 1 rings (SSSR count). The standard InChI is InChI=1S/C10H8BrNO/c1-13-9-5-4-8(3-2-6-12)10(11)7-9/h2-5,7H,1H3/b3-2+. The van der Waals surface area contributed by atoms with Gasteiger partial charge in [0.1, 0.15) is 5.75 Å². The Morgan fingerprint density at radius 3 is 2.85 bits per heavy atom. The van der Waals surface area contributed by atoms with Gasteiger partial charge in [-0.1, -0.05) is 22.0 Å². The molecule has 0 amide bonds. The maximum Gasteiger partial charge on any atom is 0.120 e. The zero-order valence-corrected chi connectivity index (χ0v) is 8.71. The lowest BCUT2D eigenvalue weighted by atomic mass is 10.2. The summed E-state index contributed by atoms with van der Waals surface area (Å²) in [5, 5.41) is 8.34. The number of halogens is 1. The molecule has 0 aliphatic heterocycles. The summed E-state index contributed by atoms with van der Waals surface area (Å²) in [7, 11) is 1.62. The molecule has 0 saturated heterocycles. The summed E-state index contributed by atoms with van der Waals surface area (Å²) in [5.74, 6) is 0.793. The lowest BCUT2D eigenvalue weighted by molar-refractivity contribution is 0.414. The van der Waals surface area contributed by atoms with Crippen LogP contribution in [0, 0.1) is 11.3 Å². The molecule has 0 atom stereocenters. The van der Waals surface area contributed by atoms with Gasteiger partial charge in [-0.25, -0.2) is 0 Å². The Morgan fingerprint density at radius 2 is 2.31 bits per heavy atom. The highest BCUT2D eigenvalue weighted by atomic mass is 79.9. The van der Waals surface area contributed by atoms with E-state index in [2.05, 4.69) is 15.9 Å². The van der Waals surface area contributed by atoms with Crippen LogP contribution in [0.15, 0.2) is 28.7 Å². The normalized spacial score (nSPS) is 9.92. The largest absolute Gasteiger partial charge is 0.497 e. The van der Waals surface area contributed by atoms with Gasteiger partial charge in [0.2, 0.25) is 0 Å². The summed E-state index contributed by atoms with van der Waals surface area (Å²) in [6.07, 6.45) is 3.18. The molecule has 0 bridgehead atoms. The molecule has 66 valence electrons. The first-order valence-electron chi connectivity index (χ1n) is 3.67. The molecule has 0 fully saturated rings. The second kappa shape index (κ2) is 4.68. The minimum atomic E-state index is 0.793. The maximum atomic E-state index is 8.34. The van der Waals surface area contributed by atoms with E-state index in [0.29, 0.717) is 0 Å². The van der Waals surface area contributed by atoms with Gasteiger partial charge in [0.05, 0.1) is 13.2 Å². The van der Waals surface area contributed by atoms with Gasteiger partial charge in [0.25, 0.3) is 0 Å². The van der Waals surface area contributed by atoms with Crippen LogP contribution in [0.2, 0.25) is 0 Å². The number of rotatable bonds is 2. The molecule has 0 radical (unpaired) electrons. The maximum absolute atomic E-state index is 8.34. The fourth-order valence-electron chi connectivity index (χ4n) is 0.897. The molecule has 0 saturated carbocycles. The van der Waals surface area contributed by atoms with Crippen molar-refractivity contribution in [1.82, 2.24) is 0 Å².